The number of benzene rings is 1. The standard InChI is InChI=1S/C12H15N3O4/c1-15(7-9(13)16)12(19)14-10(11(17)18)8-5-3-2-4-6-8/h2-6,10H,7H2,1H3,(H2,13,16)(H,14,19)(H,17,18)/t10-/m0/s1. The second-order valence-electron chi connectivity index (χ2n) is 3.95. The number of carboxylic acid groups (broad SMARTS) is 1. The number of rotatable bonds is 5. The molecule has 0 aliphatic carbocycles. The van der Waals surface area contributed by atoms with Crippen LogP contribution in [0.4, 0.5) is 4.79 Å². The van der Waals surface area contributed by atoms with E-state index >= 15 is 0 Å². The molecule has 7 nitrogen and oxygen atoms in total. The molecule has 0 aliphatic heterocycles. The number of hydrogen-bond acceptors (Lipinski definition) is 3. The van der Waals surface area contributed by atoms with E-state index in [1.807, 2.05) is 0 Å². The molecule has 0 saturated heterocycles. The molecular weight excluding hydrogens is 250 g/mol. The summed E-state index contributed by atoms with van der Waals surface area (Å²) in [5, 5.41) is 11.4. The number of nitrogens with two attached hydrogens (primary N) is 1. The molecule has 3 amide bonds. The zero-order valence-electron chi connectivity index (χ0n) is 10.4. The van der Waals surface area contributed by atoms with Crippen LogP contribution < -0.4 is 11.1 Å². The Morgan fingerprint density at radius 2 is 1.89 bits per heavy atom. The smallest absolute Gasteiger partial charge is 0.330 e. The summed E-state index contributed by atoms with van der Waals surface area (Å²) in [6, 6.07) is 6.40. The summed E-state index contributed by atoms with van der Waals surface area (Å²) in [5.41, 5.74) is 5.40. The zero-order valence-corrected chi connectivity index (χ0v) is 10.4. The fraction of sp³-hybridized carbons (Fsp3) is 0.250. The van der Waals surface area contributed by atoms with E-state index in [1.54, 1.807) is 30.3 Å². The van der Waals surface area contributed by atoms with Gasteiger partial charge in [0.05, 0.1) is 0 Å². The maximum absolute atomic E-state index is 11.7. The van der Waals surface area contributed by atoms with E-state index in [-0.39, 0.29) is 6.54 Å². The molecule has 7 heteroatoms. The number of aliphatic carboxylic acids is 1. The lowest BCUT2D eigenvalue weighted by molar-refractivity contribution is -0.139. The van der Waals surface area contributed by atoms with Gasteiger partial charge in [0.1, 0.15) is 6.54 Å². The number of carboxylic acids is 1. The van der Waals surface area contributed by atoms with Gasteiger partial charge in [0.2, 0.25) is 5.91 Å². The van der Waals surface area contributed by atoms with Crippen molar-refractivity contribution in [3.8, 4) is 0 Å². The van der Waals surface area contributed by atoms with E-state index in [2.05, 4.69) is 5.32 Å². The van der Waals surface area contributed by atoms with E-state index in [4.69, 9.17) is 10.8 Å². The molecule has 0 aromatic heterocycles. The average molecular weight is 265 g/mol. The largest absolute Gasteiger partial charge is 0.479 e. The Labute approximate surface area is 110 Å². The van der Waals surface area contributed by atoms with Gasteiger partial charge in [-0.05, 0) is 5.56 Å². The summed E-state index contributed by atoms with van der Waals surface area (Å²) in [4.78, 5) is 34.6. The van der Waals surface area contributed by atoms with Crippen molar-refractivity contribution < 1.29 is 19.5 Å². The number of carbonyl (C=O) groups is 3. The van der Waals surface area contributed by atoms with E-state index < -0.39 is 23.9 Å². The van der Waals surface area contributed by atoms with Gasteiger partial charge in [-0.15, -0.1) is 0 Å². The Kier molecular flexibility index (Phi) is 4.87. The SMILES string of the molecule is CN(CC(N)=O)C(=O)N[C@H](C(=O)O)c1ccccc1. The monoisotopic (exact) mass is 265 g/mol. The first-order chi connectivity index (χ1) is 8.91. The molecule has 1 atom stereocenters. The maximum atomic E-state index is 11.7. The third-order valence-corrected chi connectivity index (χ3v) is 2.39. The van der Waals surface area contributed by atoms with E-state index in [0.29, 0.717) is 5.56 Å². The molecule has 1 aromatic rings. The van der Waals surface area contributed by atoms with Gasteiger partial charge in [0.15, 0.2) is 6.04 Å². The molecule has 1 rings (SSSR count). The molecule has 0 saturated carbocycles. The third kappa shape index (κ3) is 4.30. The minimum Gasteiger partial charge on any atom is -0.479 e. The lowest BCUT2D eigenvalue weighted by Crippen LogP contribution is -2.44. The van der Waals surface area contributed by atoms with Crippen LogP contribution in [-0.4, -0.2) is 41.5 Å². The fourth-order valence-electron chi connectivity index (χ4n) is 1.47. The van der Waals surface area contributed by atoms with Crippen LogP contribution in [-0.2, 0) is 9.59 Å². The van der Waals surface area contributed by atoms with Crippen LogP contribution >= 0.6 is 0 Å². The molecule has 1 aromatic carbocycles. The molecule has 0 fully saturated rings. The summed E-state index contributed by atoms with van der Waals surface area (Å²) in [5.74, 6) is -1.86. The molecule has 4 N–H and O–H groups in total. The van der Waals surface area contributed by atoms with Crippen LogP contribution in [0.15, 0.2) is 30.3 Å². The van der Waals surface area contributed by atoms with Crippen molar-refractivity contribution >= 4 is 17.9 Å². The number of urea groups is 1. The van der Waals surface area contributed by atoms with Crippen molar-refractivity contribution in [2.75, 3.05) is 13.6 Å². The van der Waals surface area contributed by atoms with Crippen LogP contribution in [0, 0.1) is 0 Å². The molecule has 0 aliphatic rings. The number of nitrogens with zero attached hydrogens (tertiary/aromatic N) is 1. The normalized spacial score (nSPS) is 11.4. The first kappa shape index (κ1) is 14.5. The molecule has 0 unspecified atom stereocenters. The van der Waals surface area contributed by atoms with Gasteiger partial charge >= 0.3 is 12.0 Å². The van der Waals surface area contributed by atoms with Crippen LogP contribution in [0.1, 0.15) is 11.6 Å². The van der Waals surface area contributed by atoms with Gasteiger partial charge in [-0.1, -0.05) is 30.3 Å². The van der Waals surface area contributed by atoms with Crippen molar-refractivity contribution in [3.05, 3.63) is 35.9 Å². The van der Waals surface area contributed by atoms with Crippen LogP contribution in [0.5, 0.6) is 0 Å². The summed E-state index contributed by atoms with van der Waals surface area (Å²) in [7, 11) is 1.35. The lowest BCUT2D eigenvalue weighted by atomic mass is 10.1. The molecule has 0 radical (unpaired) electrons. The summed E-state index contributed by atoms with van der Waals surface area (Å²) in [6.07, 6.45) is 0. The van der Waals surface area contributed by atoms with Gasteiger partial charge < -0.3 is 21.1 Å². The molecular formula is C12H15N3O4. The Bertz CT molecular complexity index is 475. The number of primary amides is 1. The van der Waals surface area contributed by atoms with Crippen molar-refractivity contribution in [3.63, 3.8) is 0 Å². The lowest BCUT2D eigenvalue weighted by Gasteiger charge is -2.20. The average Bonchev–Trinajstić information content (AvgIpc) is 2.35. The fourth-order valence-corrected chi connectivity index (χ4v) is 1.47. The Balaban J connectivity index is 2.78. The molecule has 0 heterocycles. The van der Waals surface area contributed by atoms with Gasteiger partial charge in [-0.2, -0.15) is 0 Å². The predicted molar refractivity (Wildman–Crippen MR) is 67.2 cm³/mol. The van der Waals surface area contributed by atoms with Crippen molar-refractivity contribution in [1.82, 2.24) is 10.2 Å². The second kappa shape index (κ2) is 6.39. The van der Waals surface area contributed by atoms with Crippen molar-refractivity contribution in [1.29, 1.82) is 0 Å². The topological polar surface area (TPSA) is 113 Å². The number of amides is 3. The van der Waals surface area contributed by atoms with E-state index in [0.717, 1.165) is 4.90 Å². The van der Waals surface area contributed by atoms with E-state index in [9.17, 15) is 14.4 Å². The highest BCUT2D eigenvalue weighted by Crippen LogP contribution is 2.12. The highest BCUT2D eigenvalue weighted by molar-refractivity contribution is 5.86. The number of hydrogen-bond donors (Lipinski definition) is 3. The molecule has 19 heavy (non-hydrogen) atoms. The maximum Gasteiger partial charge on any atom is 0.330 e. The minimum atomic E-state index is -1.19. The minimum absolute atomic E-state index is 0.285. The summed E-state index contributed by atoms with van der Waals surface area (Å²) >= 11 is 0. The molecule has 0 spiro atoms. The third-order valence-electron chi connectivity index (χ3n) is 2.39. The summed E-state index contributed by atoms with van der Waals surface area (Å²) < 4.78 is 0. The first-order valence-electron chi connectivity index (χ1n) is 5.49. The van der Waals surface area contributed by atoms with E-state index in [1.165, 1.54) is 7.05 Å². The quantitative estimate of drug-likeness (QED) is 0.692. The Hall–Kier alpha value is -2.57. The van der Waals surface area contributed by atoms with Crippen LogP contribution in [0.2, 0.25) is 0 Å². The van der Waals surface area contributed by atoms with Crippen molar-refractivity contribution in [2.45, 2.75) is 6.04 Å². The number of likely N-dealkylation sites (N-methyl/N-ethyl adjacent to an activating group) is 1. The van der Waals surface area contributed by atoms with Crippen LogP contribution in [0.25, 0.3) is 0 Å². The van der Waals surface area contributed by atoms with Gasteiger partial charge in [0.25, 0.3) is 0 Å². The highest BCUT2D eigenvalue weighted by Gasteiger charge is 2.23. The van der Waals surface area contributed by atoms with Gasteiger partial charge in [-0.3, -0.25) is 4.79 Å². The Morgan fingerprint density at radius 1 is 1.32 bits per heavy atom. The number of carbonyl (C=O) groups excluding carboxylic acids is 2. The van der Waals surface area contributed by atoms with Gasteiger partial charge in [-0.25, -0.2) is 9.59 Å². The molecule has 102 valence electrons. The highest BCUT2D eigenvalue weighted by atomic mass is 16.4. The van der Waals surface area contributed by atoms with Crippen LogP contribution in [0.3, 0.4) is 0 Å². The Morgan fingerprint density at radius 3 is 2.37 bits per heavy atom. The van der Waals surface area contributed by atoms with Crippen molar-refractivity contribution in [2.24, 2.45) is 5.73 Å². The zero-order chi connectivity index (χ0) is 14.4. The van der Waals surface area contributed by atoms with Gasteiger partial charge in [0, 0.05) is 7.05 Å². The first-order valence-corrected chi connectivity index (χ1v) is 5.49. The predicted octanol–water partition coefficient (Wildman–Crippen LogP) is -0.0610. The summed E-state index contributed by atoms with van der Waals surface area (Å²) in [6.45, 7) is -0.285. The second-order valence-corrected chi connectivity index (χ2v) is 3.95. The molecule has 0 bridgehead atoms. The number of nitrogens with one attached hydrogen (secondary N) is 1.